The summed E-state index contributed by atoms with van der Waals surface area (Å²) in [6.45, 7) is 5.32. The standard InChI is InChI=1S/C35H38N2O4S.Li/c1-24-18-27(20-29(19-24)41-3)23-37(28-11-6-5-7-12-28)22-26-14-15-31(32(21-26)30-13-9-8-10-25(30)2)34(38)36-33(35(39)40)16-17-42-4;/h5-15,18-21,33H,16-17,22-23H2,1-4H3,(H,36,38)(H,39,40);/q;+1/p-1. The Balaban J connectivity index is 0.00000506. The molecule has 0 aromatic heterocycles. The number of para-hydroxylation sites is 1. The molecule has 0 fully saturated rings. The summed E-state index contributed by atoms with van der Waals surface area (Å²) in [4.78, 5) is 27.5. The van der Waals surface area contributed by atoms with Gasteiger partial charge in [-0.2, -0.15) is 11.8 Å². The molecule has 8 heteroatoms. The second-order valence-electron chi connectivity index (χ2n) is 10.4. The number of amides is 1. The second kappa shape index (κ2) is 16.3. The maximum Gasteiger partial charge on any atom is 1.00 e. The number of aliphatic carboxylic acids is 1. The van der Waals surface area contributed by atoms with Gasteiger partial charge in [-0.1, -0.05) is 54.6 Å². The summed E-state index contributed by atoms with van der Waals surface area (Å²) in [5.41, 5.74) is 7.48. The summed E-state index contributed by atoms with van der Waals surface area (Å²) in [5, 5.41) is 14.4. The number of nitrogens with one attached hydrogen (secondary N) is 1. The number of carboxylic acids is 1. The van der Waals surface area contributed by atoms with Gasteiger partial charge in [-0.25, -0.2) is 0 Å². The summed E-state index contributed by atoms with van der Waals surface area (Å²) in [6, 6.07) is 29.1. The molecule has 0 spiro atoms. The number of rotatable bonds is 13. The van der Waals surface area contributed by atoms with Crippen molar-refractivity contribution in [3.8, 4) is 16.9 Å². The van der Waals surface area contributed by atoms with Crippen molar-refractivity contribution in [3.05, 3.63) is 119 Å². The topological polar surface area (TPSA) is 81.7 Å². The molecule has 1 atom stereocenters. The van der Waals surface area contributed by atoms with Gasteiger partial charge in [0.1, 0.15) is 5.75 Å². The molecule has 0 aliphatic heterocycles. The monoisotopic (exact) mass is 588 g/mol. The number of hydrogen-bond acceptors (Lipinski definition) is 6. The number of nitrogens with zero attached hydrogens (tertiary/aromatic N) is 1. The molecule has 1 unspecified atom stereocenters. The molecule has 0 aliphatic rings. The van der Waals surface area contributed by atoms with Gasteiger partial charge in [0.25, 0.3) is 5.91 Å². The van der Waals surface area contributed by atoms with Crippen LogP contribution in [-0.4, -0.2) is 37.0 Å². The summed E-state index contributed by atoms with van der Waals surface area (Å²) in [5.74, 6) is -0.285. The first-order valence-electron chi connectivity index (χ1n) is 13.9. The number of thioether (sulfide) groups is 1. The van der Waals surface area contributed by atoms with E-state index in [1.165, 1.54) is 11.8 Å². The van der Waals surface area contributed by atoms with Crippen LogP contribution in [0.5, 0.6) is 5.75 Å². The maximum atomic E-state index is 13.5. The predicted octanol–water partition coefficient (Wildman–Crippen LogP) is 2.79. The van der Waals surface area contributed by atoms with E-state index >= 15 is 0 Å². The molecule has 4 rings (SSSR count). The van der Waals surface area contributed by atoms with Crippen LogP contribution in [0, 0.1) is 13.8 Å². The molecule has 0 saturated heterocycles. The van der Waals surface area contributed by atoms with Gasteiger partial charge in [-0.3, -0.25) is 4.79 Å². The van der Waals surface area contributed by atoms with Crippen LogP contribution < -0.4 is 38.9 Å². The van der Waals surface area contributed by atoms with Crippen LogP contribution in [0.4, 0.5) is 5.69 Å². The smallest absolute Gasteiger partial charge is 0.548 e. The van der Waals surface area contributed by atoms with E-state index in [1.54, 1.807) is 13.2 Å². The molecular formula is C35H37LiN2O4S. The molecule has 0 heterocycles. The molecule has 6 nitrogen and oxygen atoms in total. The van der Waals surface area contributed by atoms with E-state index in [2.05, 4.69) is 41.4 Å². The minimum absolute atomic E-state index is 0. The zero-order valence-corrected chi connectivity index (χ0v) is 26.4. The second-order valence-corrected chi connectivity index (χ2v) is 11.4. The first-order valence-corrected chi connectivity index (χ1v) is 15.3. The Morgan fingerprint density at radius 3 is 2.26 bits per heavy atom. The van der Waals surface area contributed by atoms with E-state index in [-0.39, 0.29) is 18.9 Å². The SMILES string of the molecule is COc1cc(C)cc(CN(Cc2ccc(C(=O)NC(CCSC)C(=O)[O-])c(-c3ccccc3C)c2)c2ccccc2)c1.[Li+]. The summed E-state index contributed by atoms with van der Waals surface area (Å²) < 4.78 is 5.52. The fraction of sp³-hybridized carbons (Fsp3) is 0.257. The van der Waals surface area contributed by atoms with Crippen molar-refractivity contribution in [2.24, 2.45) is 0 Å². The normalized spacial score (nSPS) is 11.3. The molecule has 0 aliphatic carbocycles. The van der Waals surface area contributed by atoms with Crippen molar-refractivity contribution in [2.75, 3.05) is 24.0 Å². The Morgan fingerprint density at radius 1 is 0.884 bits per heavy atom. The van der Waals surface area contributed by atoms with Gasteiger partial charge in [-0.05, 0) is 102 Å². The van der Waals surface area contributed by atoms with Gasteiger partial charge in [0, 0.05) is 24.3 Å². The van der Waals surface area contributed by atoms with Gasteiger partial charge in [0.05, 0.1) is 19.1 Å². The molecule has 1 amide bonds. The molecular weight excluding hydrogens is 551 g/mol. The Hall–Kier alpha value is -3.63. The average molecular weight is 589 g/mol. The van der Waals surface area contributed by atoms with Gasteiger partial charge in [-0.15, -0.1) is 0 Å². The Morgan fingerprint density at radius 2 is 1.58 bits per heavy atom. The summed E-state index contributed by atoms with van der Waals surface area (Å²) in [6.07, 6.45) is 2.19. The number of aryl methyl sites for hydroxylation is 2. The quantitative estimate of drug-likeness (QED) is 0.242. The van der Waals surface area contributed by atoms with Crippen molar-refractivity contribution in [3.63, 3.8) is 0 Å². The van der Waals surface area contributed by atoms with Crippen molar-refractivity contribution in [1.29, 1.82) is 0 Å². The van der Waals surface area contributed by atoms with Crippen molar-refractivity contribution in [1.82, 2.24) is 5.32 Å². The van der Waals surface area contributed by atoms with E-state index in [4.69, 9.17) is 4.74 Å². The van der Waals surface area contributed by atoms with E-state index in [0.717, 1.165) is 44.8 Å². The van der Waals surface area contributed by atoms with Crippen molar-refractivity contribution < 1.29 is 38.3 Å². The van der Waals surface area contributed by atoms with Gasteiger partial charge < -0.3 is 24.9 Å². The van der Waals surface area contributed by atoms with Gasteiger partial charge >= 0.3 is 18.9 Å². The van der Waals surface area contributed by atoms with Crippen LogP contribution in [0.25, 0.3) is 11.1 Å². The third kappa shape index (κ3) is 9.18. The Kier molecular flexibility index (Phi) is 12.8. The molecule has 0 saturated carbocycles. The number of carbonyl (C=O) groups excluding carboxylic acids is 2. The van der Waals surface area contributed by atoms with Crippen molar-refractivity contribution >= 4 is 29.3 Å². The number of carbonyl (C=O) groups is 2. The minimum atomic E-state index is -1.28. The van der Waals surface area contributed by atoms with Gasteiger partial charge in [0.2, 0.25) is 0 Å². The number of benzene rings is 4. The first kappa shape index (κ1) is 33.9. The third-order valence-corrected chi connectivity index (χ3v) is 7.82. The summed E-state index contributed by atoms with van der Waals surface area (Å²) >= 11 is 1.53. The first-order chi connectivity index (χ1) is 20.3. The van der Waals surface area contributed by atoms with E-state index in [9.17, 15) is 14.7 Å². The number of hydrogen-bond donors (Lipinski definition) is 1. The third-order valence-electron chi connectivity index (χ3n) is 7.18. The van der Waals surface area contributed by atoms with Crippen LogP contribution in [0.1, 0.15) is 39.0 Å². The number of ether oxygens (including phenoxy) is 1. The molecule has 4 aromatic carbocycles. The Labute approximate surface area is 271 Å². The summed E-state index contributed by atoms with van der Waals surface area (Å²) in [7, 11) is 1.68. The molecule has 0 bridgehead atoms. The number of carboxylic acid groups (broad SMARTS) is 1. The average Bonchev–Trinajstić information content (AvgIpc) is 2.99. The molecule has 218 valence electrons. The van der Waals surface area contributed by atoms with E-state index < -0.39 is 17.9 Å². The predicted molar refractivity (Wildman–Crippen MR) is 170 cm³/mol. The minimum Gasteiger partial charge on any atom is -0.548 e. The Bertz CT molecular complexity index is 1530. The molecule has 4 aromatic rings. The van der Waals surface area contributed by atoms with Crippen LogP contribution in [0.3, 0.4) is 0 Å². The fourth-order valence-corrected chi connectivity index (χ4v) is 5.53. The molecule has 43 heavy (non-hydrogen) atoms. The maximum absolute atomic E-state index is 13.5. The van der Waals surface area contributed by atoms with Crippen LogP contribution in [-0.2, 0) is 17.9 Å². The van der Waals surface area contributed by atoms with Gasteiger partial charge in [0.15, 0.2) is 0 Å². The zero-order valence-electron chi connectivity index (χ0n) is 25.6. The number of methoxy groups -OCH3 is 1. The van der Waals surface area contributed by atoms with Crippen molar-refractivity contribution in [2.45, 2.75) is 39.4 Å². The number of anilines is 1. The zero-order chi connectivity index (χ0) is 30.1. The van der Waals surface area contributed by atoms with Crippen LogP contribution >= 0.6 is 11.8 Å². The van der Waals surface area contributed by atoms with Crippen LogP contribution in [0.15, 0.2) is 91.0 Å². The molecule has 1 N–H and O–H groups in total. The van der Waals surface area contributed by atoms with Crippen LogP contribution in [0.2, 0.25) is 0 Å². The molecule has 0 radical (unpaired) electrons. The fourth-order valence-electron chi connectivity index (χ4n) is 5.06. The van der Waals surface area contributed by atoms with E-state index in [0.29, 0.717) is 30.8 Å². The van der Waals surface area contributed by atoms with E-state index in [1.807, 2.05) is 73.8 Å². The largest absolute Gasteiger partial charge is 1.00 e.